The van der Waals surface area contributed by atoms with E-state index in [-0.39, 0.29) is 0 Å². The fourth-order valence-electron chi connectivity index (χ4n) is 2.67. The van der Waals surface area contributed by atoms with Gasteiger partial charge in [-0.05, 0) is 18.3 Å². The van der Waals surface area contributed by atoms with Gasteiger partial charge in [-0.25, -0.2) is 0 Å². The van der Waals surface area contributed by atoms with E-state index in [0.717, 1.165) is 24.2 Å². The van der Waals surface area contributed by atoms with Gasteiger partial charge in [0.25, 0.3) is 5.78 Å². The molecule has 1 fully saturated rings. The third-order valence-electron chi connectivity index (χ3n) is 3.81. The topological polar surface area (TPSA) is 55.1 Å². The minimum atomic E-state index is 0.442. The van der Waals surface area contributed by atoms with Gasteiger partial charge in [0.1, 0.15) is 17.3 Å². The Bertz CT molecular complexity index is 552. The normalized spacial score (nSPS) is 23.7. The molecule has 5 nitrogen and oxygen atoms in total. The molecule has 2 aromatic heterocycles. The summed E-state index contributed by atoms with van der Waals surface area (Å²) in [4.78, 5) is 8.16. The molecule has 0 aliphatic heterocycles. The molecule has 2 unspecified atom stereocenters. The maximum absolute atomic E-state index is 5.97. The highest BCUT2D eigenvalue weighted by Crippen LogP contribution is 2.31. The van der Waals surface area contributed by atoms with Gasteiger partial charge < -0.3 is 5.32 Å². The number of nitrogens with one attached hydrogen (secondary N) is 1. The van der Waals surface area contributed by atoms with Gasteiger partial charge in [0.05, 0.1) is 0 Å². The lowest BCUT2D eigenvalue weighted by molar-refractivity contribution is 0.439. The Morgan fingerprint density at radius 1 is 1.50 bits per heavy atom. The highest BCUT2D eigenvalue weighted by molar-refractivity contribution is 6.29. The molecule has 3 rings (SSSR count). The minimum Gasteiger partial charge on any atom is -0.370 e. The van der Waals surface area contributed by atoms with E-state index in [1.807, 2.05) is 0 Å². The second-order valence-corrected chi connectivity index (χ2v) is 5.37. The zero-order chi connectivity index (χ0) is 12.5. The standard InChI is InChI=1S/C12H16ClN5/c1-8-3-2-4-9(8)6-14-11-5-10(13)17-12-15-7-16-18(11)12/h5,7-9,14H,2-4,6H2,1H3. The average Bonchev–Trinajstić information content (AvgIpc) is 2.94. The molecule has 1 N–H and O–H groups in total. The van der Waals surface area contributed by atoms with E-state index in [0.29, 0.717) is 10.9 Å². The molecular weight excluding hydrogens is 250 g/mol. The summed E-state index contributed by atoms with van der Waals surface area (Å²) in [5.41, 5.74) is 0. The van der Waals surface area contributed by atoms with E-state index in [2.05, 4.69) is 27.3 Å². The lowest BCUT2D eigenvalue weighted by atomic mass is 9.98. The van der Waals surface area contributed by atoms with Crippen molar-refractivity contribution in [3.8, 4) is 0 Å². The van der Waals surface area contributed by atoms with Crippen LogP contribution in [0.3, 0.4) is 0 Å². The number of anilines is 1. The van der Waals surface area contributed by atoms with Gasteiger partial charge in [0.2, 0.25) is 0 Å². The first-order valence-electron chi connectivity index (χ1n) is 6.34. The maximum Gasteiger partial charge on any atom is 0.255 e. The Morgan fingerprint density at radius 2 is 2.39 bits per heavy atom. The summed E-state index contributed by atoms with van der Waals surface area (Å²) >= 11 is 5.97. The molecule has 2 heterocycles. The van der Waals surface area contributed by atoms with Gasteiger partial charge >= 0.3 is 0 Å². The zero-order valence-corrected chi connectivity index (χ0v) is 11.1. The predicted molar refractivity (Wildman–Crippen MR) is 70.8 cm³/mol. The summed E-state index contributed by atoms with van der Waals surface area (Å²) in [6.07, 6.45) is 5.46. The first-order valence-corrected chi connectivity index (χ1v) is 6.72. The molecule has 1 saturated carbocycles. The van der Waals surface area contributed by atoms with Crippen LogP contribution in [-0.2, 0) is 0 Å². The second kappa shape index (κ2) is 4.72. The summed E-state index contributed by atoms with van der Waals surface area (Å²) in [5.74, 6) is 2.92. The maximum atomic E-state index is 5.97. The molecule has 1 aliphatic carbocycles. The van der Waals surface area contributed by atoms with Crippen molar-refractivity contribution in [2.75, 3.05) is 11.9 Å². The number of aromatic nitrogens is 4. The van der Waals surface area contributed by atoms with E-state index in [9.17, 15) is 0 Å². The quantitative estimate of drug-likeness (QED) is 0.867. The number of nitrogens with zero attached hydrogens (tertiary/aromatic N) is 4. The summed E-state index contributed by atoms with van der Waals surface area (Å²) < 4.78 is 1.69. The van der Waals surface area contributed by atoms with Gasteiger partial charge in [-0.2, -0.15) is 19.6 Å². The largest absolute Gasteiger partial charge is 0.370 e. The molecular formula is C12H16ClN5. The van der Waals surface area contributed by atoms with Crippen molar-refractivity contribution < 1.29 is 0 Å². The predicted octanol–water partition coefficient (Wildman–Crippen LogP) is 2.63. The Balaban J connectivity index is 1.79. The molecule has 0 spiro atoms. The SMILES string of the molecule is CC1CCCC1CNc1cc(Cl)nc2ncnn12. The molecule has 0 bridgehead atoms. The van der Waals surface area contributed by atoms with Gasteiger partial charge in [0, 0.05) is 12.6 Å². The van der Waals surface area contributed by atoms with Crippen LogP contribution in [0.1, 0.15) is 26.2 Å². The lowest BCUT2D eigenvalue weighted by Crippen LogP contribution is -2.18. The van der Waals surface area contributed by atoms with Crippen LogP contribution in [0.2, 0.25) is 5.15 Å². The Labute approximate surface area is 111 Å². The molecule has 0 aromatic carbocycles. The minimum absolute atomic E-state index is 0.442. The van der Waals surface area contributed by atoms with E-state index in [1.165, 1.54) is 25.6 Å². The van der Waals surface area contributed by atoms with Crippen molar-refractivity contribution >= 4 is 23.2 Å². The van der Waals surface area contributed by atoms with Crippen molar-refractivity contribution in [3.05, 3.63) is 17.5 Å². The van der Waals surface area contributed by atoms with Gasteiger partial charge in [-0.3, -0.25) is 0 Å². The van der Waals surface area contributed by atoms with E-state index >= 15 is 0 Å². The summed E-state index contributed by atoms with van der Waals surface area (Å²) in [6.45, 7) is 3.28. The number of rotatable bonds is 3. The smallest absolute Gasteiger partial charge is 0.255 e. The van der Waals surface area contributed by atoms with Crippen molar-refractivity contribution in [1.29, 1.82) is 0 Å². The van der Waals surface area contributed by atoms with Crippen molar-refractivity contribution in [2.24, 2.45) is 11.8 Å². The fraction of sp³-hybridized carbons (Fsp3) is 0.583. The summed E-state index contributed by atoms with van der Waals surface area (Å²) in [5, 5.41) is 8.01. The third kappa shape index (κ3) is 2.14. The fourth-order valence-corrected chi connectivity index (χ4v) is 2.85. The zero-order valence-electron chi connectivity index (χ0n) is 10.3. The number of hydrogen-bond donors (Lipinski definition) is 1. The molecule has 0 amide bonds. The molecule has 1 aliphatic rings. The first-order chi connectivity index (χ1) is 8.74. The first kappa shape index (κ1) is 11.7. The van der Waals surface area contributed by atoms with Gasteiger partial charge in [-0.1, -0.05) is 31.4 Å². The molecule has 6 heteroatoms. The van der Waals surface area contributed by atoms with Crippen LogP contribution in [0.5, 0.6) is 0 Å². The Morgan fingerprint density at radius 3 is 3.17 bits per heavy atom. The number of fused-ring (bicyclic) bond motifs is 1. The molecule has 2 aromatic rings. The van der Waals surface area contributed by atoms with Crippen molar-refractivity contribution in [3.63, 3.8) is 0 Å². The Kier molecular flexibility index (Phi) is 3.07. The van der Waals surface area contributed by atoms with Crippen molar-refractivity contribution in [2.45, 2.75) is 26.2 Å². The van der Waals surface area contributed by atoms with E-state index in [4.69, 9.17) is 11.6 Å². The van der Waals surface area contributed by atoms with Crippen LogP contribution in [0.25, 0.3) is 5.78 Å². The lowest BCUT2D eigenvalue weighted by Gasteiger charge is -2.17. The second-order valence-electron chi connectivity index (χ2n) is 4.99. The average molecular weight is 266 g/mol. The van der Waals surface area contributed by atoms with E-state index < -0.39 is 0 Å². The van der Waals surface area contributed by atoms with Crippen LogP contribution in [0, 0.1) is 11.8 Å². The number of hydrogen-bond acceptors (Lipinski definition) is 4. The van der Waals surface area contributed by atoms with Crippen LogP contribution in [0.15, 0.2) is 12.4 Å². The molecule has 2 atom stereocenters. The summed E-state index contributed by atoms with van der Waals surface area (Å²) in [6, 6.07) is 1.79. The molecule has 96 valence electrons. The Hall–Kier alpha value is -1.36. The van der Waals surface area contributed by atoms with Gasteiger partial charge in [0.15, 0.2) is 0 Å². The monoisotopic (exact) mass is 265 g/mol. The molecule has 0 radical (unpaired) electrons. The van der Waals surface area contributed by atoms with E-state index in [1.54, 1.807) is 10.6 Å². The molecule has 0 saturated heterocycles. The van der Waals surface area contributed by atoms with Crippen LogP contribution >= 0.6 is 11.6 Å². The third-order valence-corrected chi connectivity index (χ3v) is 4.00. The highest BCUT2D eigenvalue weighted by atomic mass is 35.5. The van der Waals surface area contributed by atoms with Crippen LogP contribution in [0.4, 0.5) is 5.82 Å². The summed E-state index contributed by atoms with van der Waals surface area (Å²) in [7, 11) is 0. The van der Waals surface area contributed by atoms with Crippen LogP contribution in [-0.4, -0.2) is 26.1 Å². The molecule has 18 heavy (non-hydrogen) atoms. The van der Waals surface area contributed by atoms with Crippen LogP contribution < -0.4 is 5.32 Å². The van der Waals surface area contributed by atoms with Crippen molar-refractivity contribution in [1.82, 2.24) is 19.6 Å². The van der Waals surface area contributed by atoms with Gasteiger partial charge in [-0.15, -0.1) is 0 Å². The number of halogens is 1. The highest BCUT2D eigenvalue weighted by Gasteiger charge is 2.23.